The molecule has 0 aromatic carbocycles. The van der Waals surface area contributed by atoms with Gasteiger partial charge < -0.3 is 14.9 Å². The molecule has 3 N–H and O–H groups in total. The van der Waals surface area contributed by atoms with Gasteiger partial charge in [0.25, 0.3) is 0 Å². The first-order chi connectivity index (χ1) is 7.88. The zero-order chi connectivity index (χ0) is 11.2. The Morgan fingerprint density at radius 1 is 1.62 bits per heavy atom. The van der Waals surface area contributed by atoms with Crippen LogP contribution in [0.2, 0.25) is 0 Å². The highest BCUT2D eigenvalue weighted by Gasteiger charge is 2.15. The van der Waals surface area contributed by atoms with Gasteiger partial charge in [0.1, 0.15) is 0 Å². The number of ether oxygens (including phenoxy) is 2. The summed E-state index contributed by atoms with van der Waals surface area (Å²) >= 11 is 0. The van der Waals surface area contributed by atoms with Crippen LogP contribution in [0.3, 0.4) is 0 Å². The largest absolute Gasteiger partial charge is 0.381 e. The molecule has 1 unspecified atom stereocenters. The van der Waals surface area contributed by atoms with Crippen molar-refractivity contribution in [2.75, 3.05) is 25.2 Å². The van der Waals surface area contributed by atoms with E-state index < -0.39 is 0 Å². The number of hydrogen-bond acceptors (Lipinski definition) is 5. The Hall–Kier alpha value is -1.17. The third-order valence-electron chi connectivity index (χ3n) is 2.61. The molecule has 1 atom stereocenters. The van der Waals surface area contributed by atoms with Gasteiger partial charge in [0, 0.05) is 18.7 Å². The molecule has 1 aliphatic rings. The lowest BCUT2D eigenvalue weighted by Crippen LogP contribution is -2.10. The number of nitrogens with two attached hydrogens (primary N) is 1. The van der Waals surface area contributed by atoms with E-state index in [9.17, 15) is 0 Å². The van der Waals surface area contributed by atoms with E-state index in [1.54, 1.807) is 6.20 Å². The Labute approximate surface area is 94.9 Å². The maximum absolute atomic E-state index is 5.59. The van der Waals surface area contributed by atoms with E-state index in [1.165, 1.54) is 0 Å². The Morgan fingerprint density at radius 2 is 2.56 bits per heavy atom. The second-order valence-corrected chi connectivity index (χ2v) is 3.92. The van der Waals surface area contributed by atoms with Crippen molar-refractivity contribution in [3.05, 3.63) is 24.0 Å². The molecule has 0 radical (unpaired) electrons. The molecular formula is C11H17N3O2. The van der Waals surface area contributed by atoms with Crippen LogP contribution in [0.25, 0.3) is 0 Å². The third kappa shape index (κ3) is 3.16. The average Bonchev–Trinajstić information content (AvgIpc) is 2.82. The van der Waals surface area contributed by atoms with Gasteiger partial charge in [-0.15, -0.1) is 0 Å². The maximum Gasteiger partial charge on any atom is 0.0888 e. The van der Waals surface area contributed by atoms with Crippen LogP contribution in [0, 0.1) is 5.92 Å². The van der Waals surface area contributed by atoms with Gasteiger partial charge in [0.15, 0.2) is 0 Å². The first-order valence-corrected chi connectivity index (χ1v) is 5.45. The molecule has 0 amide bonds. The molecule has 1 saturated heterocycles. The molecule has 5 heteroatoms. The van der Waals surface area contributed by atoms with Crippen molar-refractivity contribution in [3.63, 3.8) is 0 Å². The number of rotatable bonds is 5. The lowest BCUT2D eigenvalue weighted by molar-refractivity contribution is 0.0773. The topological polar surface area (TPSA) is 69.4 Å². The van der Waals surface area contributed by atoms with Crippen LogP contribution < -0.4 is 11.3 Å². The van der Waals surface area contributed by atoms with Crippen LogP contribution in [0.15, 0.2) is 18.3 Å². The van der Waals surface area contributed by atoms with Gasteiger partial charge in [-0.05, 0) is 18.6 Å². The Bertz CT molecular complexity index is 327. The first-order valence-electron chi connectivity index (χ1n) is 5.45. The van der Waals surface area contributed by atoms with E-state index in [0.29, 0.717) is 12.5 Å². The zero-order valence-electron chi connectivity index (χ0n) is 9.19. The standard InChI is InChI=1S/C11H17N3O2/c12-14-10-1-3-13-11(5-10)8-16-7-9-2-4-15-6-9/h1,3,5,9H,2,4,6-8,12H2,(H,13,14). The summed E-state index contributed by atoms with van der Waals surface area (Å²) in [4.78, 5) is 4.20. The molecular weight excluding hydrogens is 206 g/mol. The molecule has 0 aliphatic carbocycles. The number of pyridine rings is 1. The molecule has 16 heavy (non-hydrogen) atoms. The van der Waals surface area contributed by atoms with Crippen molar-refractivity contribution >= 4 is 5.69 Å². The minimum Gasteiger partial charge on any atom is -0.381 e. The average molecular weight is 223 g/mol. The second kappa shape index (κ2) is 5.79. The molecule has 88 valence electrons. The van der Waals surface area contributed by atoms with Crippen LogP contribution >= 0.6 is 0 Å². The highest BCUT2D eigenvalue weighted by molar-refractivity contribution is 5.41. The van der Waals surface area contributed by atoms with Gasteiger partial charge in [-0.3, -0.25) is 10.8 Å². The van der Waals surface area contributed by atoms with Crippen LogP contribution in [0.5, 0.6) is 0 Å². The third-order valence-corrected chi connectivity index (χ3v) is 2.61. The predicted octanol–water partition coefficient (Wildman–Crippen LogP) is 0.920. The minimum absolute atomic E-state index is 0.520. The molecule has 0 spiro atoms. The SMILES string of the molecule is NNc1ccnc(COCC2CCOC2)c1. The number of aromatic nitrogens is 1. The highest BCUT2D eigenvalue weighted by atomic mass is 16.5. The van der Waals surface area contributed by atoms with Crippen molar-refractivity contribution in [3.8, 4) is 0 Å². The molecule has 5 nitrogen and oxygen atoms in total. The molecule has 1 aliphatic heterocycles. The summed E-state index contributed by atoms with van der Waals surface area (Å²) in [6.45, 7) is 2.94. The Morgan fingerprint density at radius 3 is 3.31 bits per heavy atom. The number of hydrazine groups is 1. The van der Waals surface area contributed by atoms with Gasteiger partial charge in [0.2, 0.25) is 0 Å². The molecule has 2 rings (SSSR count). The van der Waals surface area contributed by atoms with Crippen LogP contribution in [0.4, 0.5) is 5.69 Å². The van der Waals surface area contributed by atoms with Gasteiger partial charge in [-0.1, -0.05) is 0 Å². The zero-order valence-corrected chi connectivity index (χ0v) is 9.19. The van der Waals surface area contributed by atoms with Crippen molar-refractivity contribution in [1.82, 2.24) is 4.98 Å². The number of nitrogens with one attached hydrogen (secondary N) is 1. The van der Waals surface area contributed by atoms with E-state index in [2.05, 4.69) is 10.4 Å². The van der Waals surface area contributed by atoms with Crippen LogP contribution in [-0.2, 0) is 16.1 Å². The Balaban J connectivity index is 1.75. The fraction of sp³-hybridized carbons (Fsp3) is 0.545. The van der Waals surface area contributed by atoms with Crippen LogP contribution in [0.1, 0.15) is 12.1 Å². The number of hydrogen-bond donors (Lipinski definition) is 2. The lowest BCUT2D eigenvalue weighted by atomic mass is 10.1. The fourth-order valence-corrected chi connectivity index (χ4v) is 1.69. The summed E-state index contributed by atoms with van der Waals surface area (Å²) in [7, 11) is 0. The first kappa shape index (κ1) is 11.3. The Kier molecular flexibility index (Phi) is 4.10. The minimum atomic E-state index is 0.520. The summed E-state index contributed by atoms with van der Waals surface area (Å²) in [5, 5.41) is 0. The van der Waals surface area contributed by atoms with Gasteiger partial charge in [0.05, 0.1) is 31.2 Å². The summed E-state index contributed by atoms with van der Waals surface area (Å²) in [5.41, 5.74) is 4.31. The molecule has 0 bridgehead atoms. The molecule has 1 aromatic rings. The van der Waals surface area contributed by atoms with Crippen molar-refractivity contribution in [2.24, 2.45) is 11.8 Å². The number of nitrogen functional groups attached to an aromatic ring is 1. The predicted molar refractivity (Wildman–Crippen MR) is 60.6 cm³/mol. The van der Waals surface area contributed by atoms with E-state index in [-0.39, 0.29) is 0 Å². The second-order valence-electron chi connectivity index (χ2n) is 3.92. The molecule has 0 saturated carbocycles. The summed E-state index contributed by atoms with van der Waals surface area (Å²) in [6.07, 6.45) is 2.81. The van der Waals surface area contributed by atoms with E-state index in [4.69, 9.17) is 15.3 Å². The summed E-state index contributed by atoms with van der Waals surface area (Å²) < 4.78 is 10.9. The van der Waals surface area contributed by atoms with Crippen molar-refractivity contribution in [1.29, 1.82) is 0 Å². The van der Waals surface area contributed by atoms with Gasteiger partial charge in [-0.2, -0.15) is 0 Å². The van der Waals surface area contributed by atoms with Crippen molar-refractivity contribution < 1.29 is 9.47 Å². The van der Waals surface area contributed by atoms with E-state index >= 15 is 0 Å². The molecule has 1 fully saturated rings. The molecule has 1 aromatic heterocycles. The quantitative estimate of drug-likeness (QED) is 0.574. The summed E-state index contributed by atoms with van der Waals surface area (Å²) in [5.74, 6) is 5.85. The van der Waals surface area contributed by atoms with E-state index in [0.717, 1.165) is 37.6 Å². The van der Waals surface area contributed by atoms with Crippen LogP contribution in [-0.4, -0.2) is 24.8 Å². The number of anilines is 1. The lowest BCUT2D eigenvalue weighted by Gasteiger charge is -2.08. The van der Waals surface area contributed by atoms with Gasteiger partial charge in [-0.25, -0.2) is 0 Å². The summed E-state index contributed by atoms with van der Waals surface area (Å²) in [6, 6.07) is 3.69. The van der Waals surface area contributed by atoms with E-state index in [1.807, 2.05) is 12.1 Å². The van der Waals surface area contributed by atoms with Crippen molar-refractivity contribution in [2.45, 2.75) is 13.0 Å². The maximum atomic E-state index is 5.59. The number of nitrogens with zero attached hydrogens (tertiary/aromatic N) is 1. The smallest absolute Gasteiger partial charge is 0.0888 e. The highest BCUT2D eigenvalue weighted by Crippen LogP contribution is 2.13. The fourth-order valence-electron chi connectivity index (χ4n) is 1.69. The monoisotopic (exact) mass is 223 g/mol. The normalized spacial score (nSPS) is 19.9. The van der Waals surface area contributed by atoms with Gasteiger partial charge >= 0.3 is 0 Å². The molecule has 2 heterocycles.